The second-order valence-electron chi connectivity index (χ2n) is 11.1. The first-order valence-electron chi connectivity index (χ1n) is 14.9. The normalized spacial score (nSPS) is 17.3. The Kier molecular flexibility index (Phi) is 8.44. The first kappa shape index (κ1) is 30.7. The Morgan fingerprint density at radius 3 is 2.59 bits per heavy atom. The smallest absolute Gasteiger partial charge is 0.355 e. The number of hydrogen-bond donors (Lipinski definition) is 3. The van der Waals surface area contributed by atoms with Gasteiger partial charge in [0, 0.05) is 22.9 Å². The number of carbonyl (C=O) groups excluding carboxylic acids is 3. The highest BCUT2D eigenvalue weighted by molar-refractivity contribution is 5.91. The first-order valence-corrected chi connectivity index (χ1v) is 14.9. The maximum absolute atomic E-state index is 13.8. The molecule has 232 valence electrons. The number of hydrogen-bond acceptors (Lipinski definition) is 9. The average Bonchev–Trinajstić information content (AvgIpc) is 3.37. The number of fused-ring (bicyclic) bond motifs is 5. The van der Waals surface area contributed by atoms with Crippen LogP contribution in [0.25, 0.3) is 22.3 Å². The van der Waals surface area contributed by atoms with Gasteiger partial charge in [0.1, 0.15) is 18.4 Å². The number of carboxylic acids is 1. The summed E-state index contributed by atoms with van der Waals surface area (Å²) in [5.74, 6) is -3.38. The summed E-state index contributed by atoms with van der Waals surface area (Å²) in [5, 5.41) is 22.7. The summed E-state index contributed by atoms with van der Waals surface area (Å²) >= 11 is 0. The van der Waals surface area contributed by atoms with Crippen molar-refractivity contribution in [2.24, 2.45) is 0 Å². The van der Waals surface area contributed by atoms with Crippen LogP contribution < -0.4 is 10.9 Å². The summed E-state index contributed by atoms with van der Waals surface area (Å²) in [5.41, 5.74) is 1.57. The van der Waals surface area contributed by atoms with Gasteiger partial charge in [0.2, 0.25) is 11.5 Å². The number of unbranched alkanes of at least 4 members (excludes halogenated alkanes) is 1. The number of cyclic esters (lactones) is 1. The number of amides is 1. The molecule has 3 aromatic rings. The molecule has 1 aromatic carbocycles. The number of aromatic nitrogens is 2. The molecule has 0 aliphatic carbocycles. The van der Waals surface area contributed by atoms with Gasteiger partial charge in [-0.25, -0.2) is 14.6 Å². The van der Waals surface area contributed by atoms with Crippen LogP contribution in [-0.2, 0) is 53.8 Å². The molecule has 12 heteroatoms. The van der Waals surface area contributed by atoms with E-state index in [1.807, 2.05) is 13.8 Å². The van der Waals surface area contributed by atoms with E-state index < -0.39 is 47.4 Å². The fourth-order valence-electron chi connectivity index (χ4n) is 6.10. The quantitative estimate of drug-likeness (QED) is 0.215. The molecular formula is C32H35N3O9. The van der Waals surface area contributed by atoms with E-state index in [9.17, 15) is 34.2 Å². The Labute approximate surface area is 253 Å². The van der Waals surface area contributed by atoms with E-state index in [0.29, 0.717) is 29.7 Å². The highest BCUT2D eigenvalue weighted by atomic mass is 16.6. The first-order chi connectivity index (χ1) is 21.0. The molecule has 1 unspecified atom stereocenters. The van der Waals surface area contributed by atoms with Crippen LogP contribution in [0.4, 0.5) is 0 Å². The van der Waals surface area contributed by atoms with Crippen molar-refractivity contribution < 1.29 is 38.9 Å². The van der Waals surface area contributed by atoms with Gasteiger partial charge >= 0.3 is 17.9 Å². The zero-order valence-corrected chi connectivity index (χ0v) is 24.9. The summed E-state index contributed by atoms with van der Waals surface area (Å²) in [4.78, 5) is 68.9. The van der Waals surface area contributed by atoms with Gasteiger partial charge in [0.05, 0.1) is 35.4 Å². The number of phenolic OH excluding ortho intramolecular Hbond substituents is 1. The second-order valence-corrected chi connectivity index (χ2v) is 11.1. The summed E-state index contributed by atoms with van der Waals surface area (Å²) in [6, 6.07) is 5.50. The molecule has 0 radical (unpaired) electrons. The van der Waals surface area contributed by atoms with Crippen LogP contribution in [0.1, 0.15) is 81.5 Å². The Hall–Kier alpha value is -4.74. The van der Waals surface area contributed by atoms with Gasteiger partial charge in [-0.2, -0.15) is 0 Å². The average molecular weight is 606 g/mol. The van der Waals surface area contributed by atoms with E-state index in [1.54, 1.807) is 35.8 Å². The number of rotatable bonds is 11. The molecule has 0 saturated heterocycles. The van der Waals surface area contributed by atoms with E-state index in [0.717, 1.165) is 22.9 Å². The highest BCUT2D eigenvalue weighted by Crippen LogP contribution is 2.42. The number of ether oxygens (including phenoxy) is 2. The molecule has 2 aliphatic heterocycles. The fourth-order valence-corrected chi connectivity index (χ4v) is 6.10. The minimum Gasteiger partial charge on any atom is -0.508 e. The molecule has 4 heterocycles. The lowest BCUT2D eigenvalue weighted by atomic mass is 9.85. The highest BCUT2D eigenvalue weighted by Gasteiger charge is 2.50. The van der Waals surface area contributed by atoms with Gasteiger partial charge in [0.25, 0.3) is 5.56 Å². The molecule has 2 aromatic heterocycles. The minimum atomic E-state index is -1.92. The van der Waals surface area contributed by atoms with Gasteiger partial charge < -0.3 is 29.6 Å². The Balaban J connectivity index is 1.47. The maximum Gasteiger partial charge on any atom is 0.355 e. The number of carboxylic acid groups (broad SMARTS) is 1. The molecule has 12 nitrogen and oxygen atoms in total. The van der Waals surface area contributed by atoms with E-state index in [1.165, 1.54) is 0 Å². The molecule has 0 fully saturated rings. The van der Waals surface area contributed by atoms with Crippen LogP contribution in [0.3, 0.4) is 0 Å². The number of nitrogens with zero attached hydrogens (tertiary/aromatic N) is 2. The van der Waals surface area contributed by atoms with Gasteiger partial charge in [-0.15, -0.1) is 0 Å². The Morgan fingerprint density at radius 1 is 1.14 bits per heavy atom. The van der Waals surface area contributed by atoms with E-state index in [-0.39, 0.29) is 49.3 Å². The zero-order chi connectivity index (χ0) is 31.8. The number of phenols is 1. The van der Waals surface area contributed by atoms with Crippen molar-refractivity contribution in [3.63, 3.8) is 0 Å². The molecule has 0 saturated carbocycles. The Morgan fingerprint density at radius 2 is 1.91 bits per heavy atom. The lowest BCUT2D eigenvalue weighted by Crippen LogP contribution is -2.47. The number of aliphatic carboxylic acids is 1. The van der Waals surface area contributed by atoms with E-state index in [2.05, 4.69) is 5.32 Å². The van der Waals surface area contributed by atoms with Crippen LogP contribution in [0.2, 0.25) is 0 Å². The predicted molar refractivity (Wildman–Crippen MR) is 158 cm³/mol. The Bertz CT molecular complexity index is 1750. The largest absolute Gasteiger partial charge is 0.508 e. The number of esters is 2. The summed E-state index contributed by atoms with van der Waals surface area (Å²) in [6.45, 7) is 5.48. The molecule has 0 bridgehead atoms. The molecule has 2 aliphatic rings. The van der Waals surface area contributed by atoms with Crippen LogP contribution in [-0.4, -0.2) is 49.6 Å². The number of benzene rings is 1. The summed E-state index contributed by atoms with van der Waals surface area (Å²) in [6.07, 6.45) is 1.48. The van der Waals surface area contributed by atoms with Gasteiger partial charge in [-0.1, -0.05) is 33.6 Å². The molecule has 3 N–H and O–H groups in total. The molecular weight excluding hydrogens is 570 g/mol. The molecule has 1 amide bonds. The number of carbonyl (C=O) groups is 4. The lowest BCUT2D eigenvalue weighted by Gasteiger charge is -2.35. The second kappa shape index (κ2) is 12.1. The predicted octanol–water partition coefficient (Wildman–Crippen LogP) is 3.44. The van der Waals surface area contributed by atoms with Gasteiger partial charge in [-0.3, -0.25) is 14.4 Å². The fraction of sp³-hybridized carbons (Fsp3) is 0.438. The third-order valence-corrected chi connectivity index (χ3v) is 8.43. The van der Waals surface area contributed by atoms with Crippen LogP contribution in [0.5, 0.6) is 5.75 Å². The zero-order valence-electron chi connectivity index (χ0n) is 24.9. The topological polar surface area (TPSA) is 174 Å². The van der Waals surface area contributed by atoms with Crippen molar-refractivity contribution in [1.29, 1.82) is 0 Å². The number of aromatic hydroxyl groups is 1. The van der Waals surface area contributed by atoms with Crippen LogP contribution in [0.15, 0.2) is 29.1 Å². The van der Waals surface area contributed by atoms with Crippen molar-refractivity contribution in [3.8, 4) is 17.1 Å². The third kappa shape index (κ3) is 5.29. The summed E-state index contributed by atoms with van der Waals surface area (Å²) in [7, 11) is 0. The maximum atomic E-state index is 13.8. The van der Waals surface area contributed by atoms with Crippen molar-refractivity contribution in [3.05, 3.63) is 56.9 Å². The van der Waals surface area contributed by atoms with Crippen LogP contribution >= 0.6 is 0 Å². The number of nitrogens with one attached hydrogen (secondary N) is 1. The van der Waals surface area contributed by atoms with Crippen molar-refractivity contribution in [2.75, 3.05) is 0 Å². The third-order valence-electron chi connectivity index (χ3n) is 8.43. The standard InChI is InChI=1S/C32H35N3O9/c1-4-7-8-24(30(40)41)33-26(37)11-12-27(38)44-32(6-3)22-14-25-28-20(15-35(25)29(39)21(22)16-43-31(32)42)18(5-2)19-13-17(36)9-10-23(19)34-28/h9-10,13-14,24,36H,4-8,11-12,15-16H2,1-3H3,(H,33,37)(H,40,41)/t24?,32-/m0/s1. The van der Waals surface area contributed by atoms with Gasteiger partial charge in [-0.05, 0) is 49.1 Å². The van der Waals surface area contributed by atoms with Crippen molar-refractivity contribution >= 4 is 34.7 Å². The van der Waals surface area contributed by atoms with E-state index in [4.69, 9.17) is 14.5 Å². The monoisotopic (exact) mass is 605 g/mol. The van der Waals surface area contributed by atoms with Crippen molar-refractivity contribution in [2.45, 2.75) is 90.5 Å². The molecule has 5 rings (SSSR count). The minimum absolute atomic E-state index is 0.0325. The number of aryl methyl sites for hydroxylation is 1. The molecule has 44 heavy (non-hydrogen) atoms. The molecule has 0 spiro atoms. The SMILES string of the molecule is CCCCC(NC(=O)CCC(=O)O[C@]1(CC)C(=O)OCc2c1cc1n(c2=O)Cc2c-1nc1ccc(O)cc1c2CC)C(=O)O. The molecule has 2 atom stereocenters. The van der Waals surface area contributed by atoms with Gasteiger partial charge in [0.15, 0.2) is 0 Å². The van der Waals surface area contributed by atoms with E-state index >= 15 is 0 Å². The van der Waals surface area contributed by atoms with Crippen molar-refractivity contribution in [1.82, 2.24) is 14.9 Å². The summed E-state index contributed by atoms with van der Waals surface area (Å²) < 4.78 is 12.7. The van der Waals surface area contributed by atoms with Crippen LogP contribution in [0, 0.1) is 0 Å². The number of pyridine rings is 2. The lowest BCUT2D eigenvalue weighted by molar-refractivity contribution is -0.189.